The van der Waals surface area contributed by atoms with Crippen molar-refractivity contribution >= 4 is 6.16 Å². The lowest BCUT2D eigenvalue weighted by Gasteiger charge is -2.08. The number of aromatic hydroxyl groups is 1. The van der Waals surface area contributed by atoms with E-state index in [0.717, 1.165) is 38.0 Å². The van der Waals surface area contributed by atoms with Crippen molar-refractivity contribution in [2.45, 2.75) is 103 Å². The molecule has 0 heterocycles. The number of benzene rings is 1. The van der Waals surface area contributed by atoms with Gasteiger partial charge in [0, 0.05) is 13.2 Å². The van der Waals surface area contributed by atoms with E-state index in [1.165, 1.54) is 83.1 Å². The average Bonchev–Trinajstić information content (AvgIpc) is 2.72. The molecule has 0 bridgehead atoms. The van der Waals surface area contributed by atoms with Crippen LogP contribution in [0.5, 0.6) is 11.5 Å². The van der Waals surface area contributed by atoms with E-state index in [2.05, 4.69) is 11.7 Å². The molecule has 5 nitrogen and oxygen atoms in total. The Kier molecular flexibility index (Phi) is 15.8. The Morgan fingerprint density at radius 2 is 1.33 bits per heavy atom. The fourth-order valence-corrected chi connectivity index (χ4v) is 3.61. The summed E-state index contributed by atoms with van der Waals surface area (Å²) in [7, 11) is 0. The lowest BCUT2D eigenvalue weighted by Crippen LogP contribution is -2.03. The first-order valence-corrected chi connectivity index (χ1v) is 11.9. The molecule has 0 saturated carbocycles. The second kappa shape index (κ2) is 18.1. The standard InChI is InChI=1S/C25H42O5/c1-2-3-14-20-29-21-15-12-10-8-6-4-5-7-9-11-13-17-22-18-16-19-23(24(22)26)30-25(27)28/h16,18-19,26H,2-15,17,20-21H2,1H3,(H,27,28). The number of hydrogen-bond acceptors (Lipinski definition) is 4. The monoisotopic (exact) mass is 422 g/mol. The van der Waals surface area contributed by atoms with Crippen LogP contribution in [0, 0.1) is 0 Å². The Balaban J connectivity index is 1.90. The quantitative estimate of drug-likeness (QED) is 0.137. The van der Waals surface area contributed by atoms with Crippen LogP contribution in [0.25, 0.3) is 0 Å². The summed E-state index contributed by atoms with van der Waals surface area (Å²) in [6, 6.07) is 5.01. The van der Waals surface area contributed by atoms with Gasteiger partial charge >= 0.3 is 6.16 Å². The molecule has 2 N–H and O–H groups in total. The third-order valence-electron chi connectivity index (χ3n) is 5.41. The maximum Gasteiger partial charge on any atom is 0.511 e. The van der Waals surface area contributed by atoms with Crippen LogP contribution in [0.15, 0.2) is 18.2 Å². The number of phenolic OH excluding ortho intramolecular Hbond substituents is 1. The van der Waals surface area contributed by atoms with E-state index in [4.69, 9.17) is 9.84 Å². The summed E-state index contributed by atoms with van der Waals surface area (Å²) < 4.78 is 10.2. The van der Waals surface area contributed by atoms with Gasteiger partial charge in [0.05, 0.1) is 0 Å². The highest BCUT2D eigenvalue weighted by atomic mass is 16.7. The van der Waals surface area contributed by atoms with Gasteiger partial charge in [0.15, 0.2) is 11.5 Å². The van der Waals surface area contributed by atoms with Crippen molar-refractivity contribution in [3.8, 4) is 11.5 Å². The molecular weight excluding hydrogens is 380 g/mol. The number of carboxylic acid groups (broad SMARTS) is 1. The number of ether oxygens (including phenoxy) is 2. The van der Waals surface area contributed by atoms with Gasteiger partial charge in [-0.05, 0) is 37.3 Å². The first-order valence-electron chi connectivity index (χ1n) is 11.9. The first-order chi connectivity index (χ1) is 14.6. The van der Waals surface area contributed by atoms with Gasteiger partial charge in [-0.3, -0.25) is 0 Å². The Bertz CT molecular complexity index is 558. The molecule has 0 spiro atoms. The fourth-order valence-electron chi connectivity index (χ4n) is 3.61. The number of aryl methyl sites for hydroxylation is 1. The molecule has 0 amide bonds. The van der Waals surface area contributed by atoms with Crippen molar-refractivity contribution in [1.82, 2.24) is 0 Å². The van der Waals surface area contributed by atoms with Crippen molar-refractivity contribution in [2.75, 3.05) is 13.2 Å². The Morgan fingerprint density at radius 1 is 0.800 bits per heavy atom. The maximum atomic E-state index is 10.6. The molecule has 0 aliphatic heterocycles. The minimum absolute atomic E-state index is 0.0134. The number of unbranched alkanes of at least 4 members (excludes halogenated alkanes) is 12. The lowest BCUT2D eigenvalue weighted by atomic mass is 10.0. The van der Waals surface area contributed by atoms with Crippen LogP contribution < -0.4 is 4.74 Å². The SMILES string of the molecule is CCCCCOCCCCCCCCCCCCCc1cccc(OC(=O)O)c1O. The molecule has 0 aliphatic rings. The van der Waals surface area contributed by atoms with Gasteiger partial charge in [-0.25, -0.2) is 4.79 Å². The Hall–Kier alpha value is -1.75. The Labute approximate surface area is 182 Å². The third-order valence-corrected chi connectivity index (χ3v) is 5.41. The summed E-state index contributed by atoms with van der Waals surface area (Å²) in [4.78, 5) is 10.6. The molecule has 0 atom stereocenters. The van der Waals surface area contributed by atoms with Gasteiger partial charge < -0.3 is 19.7 Å². The summed E-state index contributed by atoms with van der Waals surface area (Å²) >= 11 is 0. The van der Waals surface area contributed by atoms with Crippen LogP contribution in [-0.4, -0.2) is 29.6 Å². The summed E-state index contributed by atoms with van der Waals surface area (Å²) in [5.41, 5.74) is 0.750. The molecule has 0 aromatic heterocycles. The van der Waals surface area contributed by atoms with E-state index in [1.54, 1.807) is 6.07 Å². The zero-order valence-corrected chi connectivity index (χ0v) is 18.9. The normalized spacial score (nSPS) is 11.0. The zero-order chi connectivity index (χ0) is 21.9. The minimum Gasteiger partial charge on any atom is -0.504 e. The molecule has 0 fully saturated rings. The molecule has 0 unspecified atom stereocenters. The number of para-hydroxylation sites is 1. The summed E-state index contributed by atoms with van der Waals surface area (Å²) in [6.07, 6.45) is 16.8. The van der Waals surface area contributed by atoms with E-state index >= 15 is 0 Å². The van der Waals surface area contributed by atoms with E-state index in [-0.39, 0.29) is 11.5 Å². The molecule has 1 rings (SSSR count). The number of hydrogen-bond donors (Lipinski definition) is 2. The van der Waals surface area contributed by atoms with Crippen molar-refractivity contribution in [1.29, 1.82) is 0 Å². The van der Waals surface area contributed by atoms with E-state index in [1.807, 2.05) is 6.07 Å². The van der Waals surface area contributed by atoms with Crippen LogP contribution in [0.4, 0.5) is 4.79 Å². The molecule has 0 aliphatic carbocycles. The van der Waals surface area contributed by atoms with E-state index in [0.29, 0.717) is 0 Å². The number of rotatable bonds is 19. The minimum atomic E-state index is -1.41. The number of phenols is 1. The van der Waals surface area contributed by atoms with E-state index < -0.39 is 6.16 Å². The van der Waals surface area contributed by atoms with Crippen LogP contribution in [-0.2, 0) is 11.2 Å². The molecule has 30 heavy (non-hydrogen) atoms. The molecule has 5 heteroatoms. The van der Waals surface area contributed by atoms with Crippen molar-refractivity contribution in [2.24, 2.45) is 0 Å². The highest BCUT2D eigenvalue weighted by Crippen LogP contribution is 2.31. The van der Waals surface area contributed by atoms with Gasteiger partial charge in [-0.1, -0.05) is 89.7 Å². The Morgan fingerprint density at radius 3 is 1.90 bits per heavy atom. The van der Waals surface area contributed by atoms with Gasteiger partial charge in [-0.2, -0.15) is 0 Å². The van der Waals surface area contributed by atoms with Crippen molar-refractivity contribution in [3.05, 3.63) is 23.8 Å². The summed E-state index contributed by atoms with van der Waals surface area (Å²) in [5, 5.41) is 18.8. The van der Waals surface area contributed by atoms with Crippen LogP contribution >= 0.6 is 0 Å². The fraction of sp³-hybridized carbons (Fsp3) is 0.720. The average molecular weight is 423 g/mol. The largest absolute Gasteiger partial charge is 0.511 e. The van der Waals surface area contributed by atoms with Crippen molar-refractivity contribution < 1.29 is 24.5 Å². The van der Waals surface area contributed by atoms with E-state index in [9.17, 15) is 9.90 Å². The van der Waals surface area contributed by atoms with Crippen LogP contribution in [0.1, 0.15) is 102 Å². The topological polar surface area (TPSA) is 76.0 Å². The molecule has 0 radical (unpaired) electrons. The predicted octanol–water partition coefficient (Wildman–Crippen LogP) is 7.49. The molecular formula is C25H42O5. The lowest BCUT2D eigenvalue weighted by molar-refractivity contribution is 0.126. The van der Waals surface area contributed by atoms with Crippen LogP contribution in [0.2, 0.25) is 0 Å². The summed E-state index contributed by atoms with van der Waals surface area (Å²) in [5.74, 6) is -0.0394. The second-order valence-electron chi connectivity index (χ2n) is 8.09. The van der Waals surface area contributed by atoms with Gasteiger partial charge in [0.1, 0.15) is 0 Å². The smallest absolute Gasteiger partial charge is 0.504 e. The molecule has 0 saturated heterocycles. The zero-order valence-electron chi connectivity index (χ0n) is 18.9. The number of carbonyl (C=O) groups is 1. The third kappa shape index (κ3) is 13.5. The predicted molar refractivity (Wildman–Crippen MR) is 122 cm³/mol. The second-order valence-corrected chi connectivity index (χ2v) is 8.09. The molecule has 172 valence electrons. The highest BCUT2D eigenvalue weighted by Gasteiger charge is 2.10. The maximum absolute atomic E-state index is 10.6. The van der Waals surface area contributed by atoms with Gasteiger partial charge in [0.2, 0.25) is 0 Å². The first kappa shape index (κ1) is 26.3. The molecule has 1 aromatic carbocycles. The molecule has 1 aromatic rings. The van der Waals surface area contributed by atoms with Gasteiger partial charge in [0.25, 0.3) is 0 Å². The van der Waals surface area contributed by atoms with Crippen molar-refractivity contribution in [3.63, 3.8) is 0 Å². The van der Waals surface area contributed by atoms with Crippen LogP contribution in [0.3, 0.4) is 0 Å². The summed E-state index contributed by atoms with van der Waals surface area (Å²) in [6.45, 7) is 4.08. The highest BCUT2D eigenvalue weighted by molar-refractivity contribution is 5.63. The van der Waals surface area contributed by atoms with Gasteiger partial charge in [-0.15, -0.1) is 0 Å².